The molecule has 0 radical (unpaired) electrons. The molecule has 0 unspecified atom stereocenters. The minimum Gasteiger partial charge on any atom is -0.303 e. The highest BCUT2D eigenvalue weighted by Crippen LogP contribution is 2.29. The Bertz CT molecular complexity index is 698. The molecule has 1 heterocycles. The number of halogens is 2. The Hall–Kier alpha value is -1.28. The Labute approximate surface area is 154 Å². The van der Waals surface area contributed by atoms with Crippen molar-refractivity contribution in [1.29, 1.82) is 0 Å². The minimum atomic E-state index is 0.756. The summed E-state index contributed by atoms with van der Waals surface area (Å²) in [5.41, 5.74) is 5.24. The van der Waals surface area contributed by atoms with Gasteiger partial charge in [0, 0.05) is 24.0 Å². The SMILES string of the molecule is ClCCCN1CCC(=Cc2ccccc2-c2cccc(Cl)c2)CC1. The van der Waals surface area contributed by atoms with Crippen molar-refractivity contribution in [2.75, 3.05) is 25.5 Å². The van der Waals surface area contributed by atoms with Gasteiger partial charge < -0.3 is 4.90 Å². The van der Waals surface area contributed by atoms with Crippen molar-refractivity contribution in [3.63, 3.8) is 0 Å². The summed E-state index contributed by atoms with van der Waals surface area (Å²) in [5, 5.41) is 0.780. The molecule has 0 N–H and O–H groups in total. The molecule has 0 amide bonds. The monoisotopic (exact) mass is 359 g/mol. The van der Waals surface area contributed by atoms with Crippen molar-refractivity contribution in [2.45, 2.75) is 19.3 Å². The van der Waals surface area contributed by atoms with Crippen molar-refractivity contribution >= 4 is 29.3 Å². The maximum absolute atomic E-state index is 6.17. The molecule has 3 heteroatoms. The quantitative estimate of drug-likeness (QED) is 0.581. The summed E-state index contributed by atoms with van der Waals surface area (Å²) in [6, 6.07) is 16.7. The van der Waals surface area contributed by atoms with E-state index in [-0.39, 0.29) is 0 Å². The minimum absolute atomic E-state index is 0.756. The van der Waals surface area contributed by atoms with Crippen molar-refractivity contribution in [1.82, 2.24) is 4.90 Å². The first kappa shape index (κ1) is 17.5. The maximum Gasteiger partial charge on any atom is 0.0412 e. The van der Waals surface area contributed by atoms with Gasteiger partial charge in [-0.3, -0.25) is 0 Å². The van der Waals surface area contributed by atoms with Crippen LogP contribution in [0.3, 0.4) is 0 Å². The second-order valence-corrected chi connectivity index (χ2v) is 7.10. The number of hydrogen-bond acceptors (Lipinski definition) is 1. The van der Waals surface area contributed by atoms with Crippen molar-refractivity contribution in [2.24, 2.45) is 0 Å². The molecule has 126 valence electrons. The standard InChI is InChI=1S/C21H23Cl2N/c22-11-4-12-24-13-9-17(10-14-24)15-18-5-1-2-8-21(18)19-6-3-7-20(23)16-19/h1-3,5-8,15-16H,4,9-14H2. The molecular formula is C21H23Cl2N. The molecule has 0 atom stereocenters. The van der Waals surface area contributed by atoms with Gasteiger partial charge in [-0.2, -0.15) is 0 Å². The third-order valence-corrected chi connectivity index (χ3v) is 5.06. The van der Waals surface area contributed by atoms with Crippen molar-refractivity contribution in [3.05, 3.63) is 64.7 Å². The topological polar surface area (TPSA) is 3.24 Å². The lowest BCUT2D eigenvalue weighted by atomic mass is 9.95. The lowest BCUT2D eigenvalue weighted by molar-refractivity contribution is 0.258. The zero-order valence-electron chi connectivity index (χ0n) is 13.8. The van der Waals surface area contributed by atoms with Gasteiger partial charge in [-0.25, -0.2) is 0 Å². The van der Waals surface area contributed by atoms with Gasteiger partial charge in [0.25, 0.3) is 0 Å². The molecule has 0 spiro atoms. The summed E-state index contributed by atoms with van der Waals surface area (Å²) < 4.78 is 0. The van der Waals surface area contributed by atoms with Gasteiger partial charge >= 0.3 is 0 Å². The van der Waals surface area contributed by atoms with Crippen LogP contribution in [0.1, 0.15) is 24.8 Å². The fraction of sp³-hybridized carbons (Fsp3) is 0.333. The second kappa shape index (κ2) is 8.71. The van der Waals surface area contributed by atoms with Gasteiger partial charge in [0.2, 0.25) is 0 Å². The number of hydrogen-bond donors (Lipinski definition) is 0. The molecule has 3 rings (SSSR count). The van der Waals surface area contributed by atoms with E-state index in [1.165, 1.54) is 22.3 Å². The number of nitrogens with zero attached hydrogens (tertiary/aromatic N) is 1. The number of alkyl halides is 1. The van der Waals surface area contributed by atoms with Crippen LogP contribution in [-0.2, 0) is 0 Å². The average molecular weight is 360 g/mol. The highest BCUT2D eigenvalue weighted by molar-refractivity contribution is 6.30. The second-order valence-electron chi connectivity index (χ2n) is 6.28. The lowest BCUT2D eigenvalue weighted by Crippen LogP contribution is -2.31. The Morgan fingerprint density at radius 1 is 1.00 bits per heavy atom. The maximum atomic E-state index is 6.17. The molecule has 0 bridgehead atoms. The number of benzene rings is 2. The smallest absolute Gasteiger partial charge is 0.0412 e. The zero-order valence-corrected chi connectivity index (χ0v) is 15.4. The van der Waals surface area contributed by atoms with Crippen LogP contribution in [0.15, 0.2) is 54.1 Å². The predicted molar refractivity (Wildman–Crippen MR) is 106 cm³/mol. The molecule has 2 aromatic carbocycles. The summed E-state index contributed by atoms with van der Waals surface area (Å²) in [6.45, 7) is 3.40. The first-order valence-corrected chi connectivity index (χ1v) is 9.50. The zero-order chi connectivity index (χ0) is 16.8. The van der Waals surface area contributed by atoms with Gasteiger partial charge in [0.15, 0.2) is 0 Å². The Morgan fingerprint density at radius 2 is 1.79 bits per heavy atom. The van der Waals surface area contributed by atoms with Crippen molar-refractivity contribution in [3.8, 4) is 11.1 Å². The third kappa shape index (κ3) is 4.63. The predicted octanol–water partition coefficient (Wildman–Crippen LogP) is 6.12. The molecule has 1 aliphatic heterocycles. The van der Waals surface area contributed by atoms with Crippen LogP contribution in [0.2, 0.25) is 5.02 Å². The van der Waals surface area contributed by atoms with E-state index in [1.807, 2.05) is 18.2 Å². The highest BCUT2D eigenvalue weighted by atomic mass is 35.5. The molecule has 0 aromatic heterocycles. The molecule has 2 aromatic rings. The summed E-state index contributed by atoms with van der Waals surface area (Å²) in [4.78, 5) is 2.52. The molecule has 1 fully saturated rings. The van der Waals surface area contributed by atoms with Crippen LogP contribution >= 0.6 is 23.2 Å². The molecule has 1 saturated heterocycles. The summed E-state index contributed by atoms with van der Waals surface area (Å²) >= 11 is 12.0. The summed E-state index contributed by atoms with van der Waals surface area (Å²) in [6.07, 6.45) is 5.74. The van der Waals surface area contributed by atoms with E-state index in [4.69, 9.17) is 23.2 Å². The number of piperidine rings is 1. The third-order valence-electron chi connectivity index (χ3n) is 4.56. The fourth-order valence-corrected chi connectivity index (χ4v) is 3.56. The summed E-state index contributed by atoms with van der Waals surface area (Å²) in [5.74, 6) is 0.756. The van der Waals surface area contributed by atoms with Gasteiger partial charge in [-0.05, 0) is 54.6 Å². The lowest BCUT2D eigenvalue weighted by Gasteiger charge is -2.28. The molecule has 0 aliphatic carbocycles. The summed E-state index contributed by atoms with van der Waals surface area (Å²) in [7, 11) is 0. The van der Waals surface area contributed by atoms with E-state index in [0.29, 0.717) is 0 Å². The molecule has 1 nitrogen and oxygen atoms in total. The van der Waals surface area contributed by atoms with Gasteiger partial charge in [-0.1, -0.05) is 59.6 Å². The van der Waals surface area contributed by atoms with Crippen LogP contribution in [0.25, 0.3) is 17.2 Å². The van der Waals surface area contributed by atoms with E-state index in [2.05, 4.69) is 41.3 Å². The van der Waals surface area contributed by atoms with Crippen LogP contribution in [0.4, 0.5) is 0 Å². The van der Waals surface area contributed by atoms with E-state index in [0.717, 1.165) is 49.8 Å². The van der Waals surface area contributed by atoms with Crippen LogP contribution in [0.5, 0.6) is 0 Å². The molecule has 1 aliphatic rings. The Balaban J connectivity index is 1.77. The van der Waals surface area contributed by atoms with E-state index in [9.17, 15) is 0 Å². The van der Waals surface area contributed by atoms with E-state index < -0.39 is 0 Å². The number of likely N-dealkylation sites (tertiary alicyclic amines) is 1. The molecule has 0 saturated carbocycles. The normalized spacial score (nSPS) is 15.5. The Morgan fingerprint density at radius 3 is 2.54 bits per heavy atom. The van der Waals surface area contributed by atoms with Crippen LogP contribution in [-0.4, -0.2) is 30.4 Å². The fourth-order valence-electron chi connectivity index (χ4n) is 3.25. The van der Waals surface area contributed by atoms with E-state index >= 15 is 0 Å². The van der Waals surface area contributed by atoms with Crippen molar-refractivity contribution < 1.29 is 0 Å². The van der Waals surface area contributed by atoms with Gasteiger partial charge in [0.1, 0.15) is 0 Å². The van der Waals surface area contributed by atoms with Crippen LogP contribution in [0, 0.1) is 0 Å². The van der Waals surface area contributed by atoms with E-state index in [1.54, 1.807) is 0 Å². The molecular weight excluding hydrogens is 337 g/mol. The van der Waals surface area contributed by atoms with Gasteiger partial charge in [-0.15, -0.1) is 11.6 Å². The Kier molecular flexibility index (Phi) is 6.37. The first-order valence-electron chi connectivity index (χ1n) is 8.59. The average Bonchev–Trinajstić information content (AvgIpc) is 2.62. The van der Waals surface area contributed by atoms with Gasteiger partial charge in [0.05, 0.1) is 0 Å². The largest absolute Gasteiger partial charge is 0.303 e. The highest BCUT2D eigenvalue weighted by Gasteiger charge is 2.14. The number of rotatable bonds is 5. The first-order chi connectivity index (χ1) is 11.8. The molecule has 24 heavy (non-hydrogen) atoms. The van der Waals surface area contributed by atoms with Crippen LogP contribution < -0.4 is 0 Å².